The number of aromatic nitrogens is 4. The maximum Gasteiger partial charge on any atom is 0.245 e. The van der Waals surface area contributed by atoms with Crippen LogP contribution in [0.4, 0.5) is 5.82 Å². The van der Waals surface area contributed by atoms with Crippen molar-refractivity contribution in [2.24, 2.45) is 0 Å². The molecule has 5 rings (SSSR count). The number of carbonyl (C=O) groups excluding carboxylic acids is 1. The average molecular weight is 403 g/mol. The molecule has 0 aliphatic carbocycles. The zero-order chi connectivity index (χ0) is 19.8. The Hall–Kier alpha value is -3.65. The van der Waals surface area contributed by atoms with Crippen LogP contribution in [-0.2, 0) is 11.3 Å². The van der Waals surface area contributed by atoms with Crippen molar-refractivity contribution in [1.82, 2.24) is 19.3 Å². The topological polar surface area (TPSA) is 77.9 Å². The number of hydrogen-bond acceptors (Lipinski definition) is 5. The number of benzene rings is 1. The first kappa shape index (κ1) is 17.4. The Labute approximate surface area is 170 Å². The summed E-state index contributed by atoms with van der Waals surface area (Å²) in [6, 6.07) is 15.5. The summed E-state index contributed by atoms with van der Waals surface area (Å²) >= 11 is 1.44. The van der Waals surface area contributed by atoms with Gasteiger partial charge in [0.1, 0.15) is 18.1 Å². The Kier molecular flexibility index (Phi) is 4.25. The van der Waals surface area contributed by atoms with Crippen LogP contribution in [-0.4, -0.2) is 25.2 Å². The third-order valence-electron chi connectivity index (χ3n) is 4.54. The fraction of sp³-hybridized carbons (Fsp3) is 0.0952. The molecular weight excluding hydrogens is 386 g/mol. The molecule has 0 radical (unpaired) electrons. The summed E-state index contributed by atoms with van der Waals surface area (Å²) in [6.45, 7) is 2.10. The first-order chi connectivity index (χ1) is 14.2. The van der Waals surface area contributed by atoms with Crippen LogP contribution in [0.25, 0.3) is 27.5 Å². The maximum atomic E-state index is 12.7. The van der Waals surface area contributed by atoms with E-state index < -0.39 is 0 Å². The highest BCUT2D eigenvalue weighted by Crippen LogP contribution is 2.26. The van der Waals surface area contributed by atoms with E-state index in [0.29, 0.717) is 16.7 Å². The van der Waals surface area contributed by atoms with Gasteiger partial charge in [-0.25, -0.2) is 4.98 Å². The lowest BCUT2D eigenvalue weighted by Crippen LogP contribution is -2.20. The lowest BCUT2D eigenvalue weighted by atomic mass is 10.2. The Morgan fingerprint density at radius 1 is 1.21 bits per heavy atom. The molecule has 0 aliphatic rings. The van der Waals surface area contributed by atoms with Crippen LogP contribution in [0.3, 0.4) is 0 Å². The molecule has 0 fully saturated rings. The minimum atomic E-state index is -0.129. The number of nitrogens with zero attached hydrogens (tertiary/aromatic N) is 4. The summed E-state index contributed by atoms with van der Waals surface area (Å²) in [5.74, 6) is 1.15. The molecule has 5 aromatic rings. The lowest BCUT2D eigenvalue weighted by molar-refractivity contribution is -0.116. The zero-order valence-corrected chi connectivity index (χ0v) is 16.4. The van der Waals surface area contributed by atoms with E-state index in [2.05, 4.69) is 15.4 Å². The standard InChI is InChI=1S/C21H17N5O2S/c1-14-11-19(23-20(27)12-25-9-8-15-5-2-3-6-17(15)25)26(24-14)21-22-16(13-29-21)18-7-4-10-28-18/h2-11,13H,12H2,1H3,(H,23,27). The van der Waals surface area contributed by atoms with Gasteiger partial charge in [0.15, 0.2) is 5.76 Å². The molecule has 0 atom stereocenters. The fourth-order valence-corrected chi connectivity index (χ4v) is 4.02. The number of carbonyl (C=O) groups is 1. The number of rotatable bonds is 5. The van der Waals surface area contributed by atoms with Gasteiger partial charge in [0.25, 0.3) is 0 Å². The van der Waals surface area contributed by atoms with Gasteiger partial charge in [-0.05, 0) is 36.6 Å². The first-order valence-corrected chi connectivity index (χ1v) is 9.95. The molecule has 0 spiro atoms. The molecule has 4 aromatic heterocycles. The molecular formula is C21H17N5O2S. The van der Waals surface area contributed by atoms with Gasteiger partial charge in [-0.3, -0.25) is 4.79 Å². The van der Waals surface area contributed by atoms with Crippen molar-refractivity contribution in [2.75, 3.05) is 5.32 Å². The molecule has 1 aromatic carbocycles. The van der Waals surface area contributed by atoms with Gasteiger partial charge in [0.05, 0.1) is 12.0 Å². The normalized spacial score (nSPS) is 11.2. The summed E-state index contributed by atoms with van der Waals surface area (Å²) in [5.41, 5.74) is 2.55. The highest BCUT2D eigenvalue weighted by molar-refractivity contribution is 7.12. The largest absolute Gasteiger partial charge is 0.463 e. The number of anilines is 1. The highest BCUT2D eigenvalue weighted by atomic mass is 32.1. The van der Waals surface area contributed by atoms with Crippen molar-refractivity contribution in [3.05, 3.63) is 72.1 Å². The molecule has 4 heterocycles. The van der Waals surface area contributed by atoms with E-state index in [4.69, 9.17) is 4.42 Å². The first-order valence-electron chi connectivity index (χ1n) is 9.07. The Morgan fingerprint density at radius 3 is 2.97 bits per heavy atom. The molecule has 0 saturated heterocycles. The fourth-order valence-electron chi connectivity index (χ4n) is 3.25. The van der Waals surface area contributed by atoms with Crippen LogP contribution in [0, 0.1) is 6.92 Å². The molecule has 7 nitrogen and oxygen atoms in total. The second kappa shape index (κ2) is 7.06. The number of para-hydroxylation sites is 1. The van der Waals surface area contributed by atoms with Gasteiger partial charge in [0, 0.05) is 23.2 Å². The van der Waals surface area contributed by atoms with Crippen LogP contribution in [0.2, 0.25) is 0 Å². The number of nitrogens with one attached hydrogen (secondary N) is 1. The second-order valence-corrected chi connectivity index (χ2v) is 7.46. The van der Waals surface area contributed by atoms with Gasteiger partial charge < -0.3 is 14.3 Å². The van der Waals surface area contributed by atoms with Crippen molar-refractivity contribution in [1.29, 1.82) is 0 Å². The van der Waals surface area contributed by atoms with Crippen molar-refractivity contribution in [2.45, 2.75) is 13.5 Å². The number of thiazole rings is 1. The minimum Gasteiger partial charge on any atom is -0.463 e. The summed E-state index contributed by atoms with van der Waals surface area (Å²) < 4.78 is 8.98. The lowest BCUT2D eigenvalue weighted by Gasteiger charge is -2.08. The van der Waals surface area contributed by atoms with E-state index in [1.54, 1.807) is 10.9 Å². The number of hydrogen-bond donors (Lipinski definition) is 1. The minimum absolute atomic E-state index is 0.129. The van der Waals surface area contributed by atoms with E-state index in [1.165, 1.54) is 11.3 Å². The maximum absolute atomic E-state index is 12.7. The molecule has 0 bridgehead atoms. The molecule has 144 valence electrons. The van der Waals surface area contributed by atoms with E-state index in [1.807, 2.05) is 71.6 Å². The Balaban J connectivity index is 1.39. The van der Waals surface area contributed by atoms with Crippen LogP contribution in [0.1, 0.15) is 5.69 Å². The van der Waals surface area contributed by atoms with E-state index in [0.717, 1.165) is 22.3 Å². The van der Waals surface area contributed by atoms with E-state index in [9.17, 15) is 4.79 Å². The molecule has 1 amide bonds. The summed E-state index contributed by atoms with van der Waals surface area (Å²) in [5, 5.41) is 11.1. The van der Waals surface area contributed by atoms with Crippen molar-refractivity contribution < 1.29 is 9.21 Å². The summed E-state index contributed by atoms with van der Waals surface area (Å²) in [6.07, 6.45) is 3.53. The zero-order valence-electron chi connectivity index (χ0n) is 15.6. The number of furan rings is 1. The summed E-state index contributed by atoms with van der Waals surface area (Å²) in [4.78, 5) is 17.3. The third-order valence-corrected chi connectivity index (χ3v) is 5.36. The van der Waals surface area contributed by atoms with E-state index >= 15 is 0 Å². The second-order valence-electron chi connectivity index (χ2n) is 6.63. The van der Waals surface area contributed by atoms with Crippen LogP contribution in [0.15, 0.2) is 70.8 Å². The Bertz CT molecular complexity index is 1300. The van der Waals surface area contributed by atoms with Gasteiger partial charge in [-0.15, -0.1) is 11.3 Å². The van der Waals surface area contributed by atoms with Crippen LogP contribution >= 0.6 is 11.3 Å². The third kappa shape index (κ3) is 3.34. The molecule has 0 saturated carbocycles. The predicted octanol–water partition coefficient (Wildman–Crippen LogP) is 4.49. The molecule has 29 heavy (non-hydrogen) atoms. The van der Waals surface area contributed by atoms with Gasteiger partial charge in [-0.1, -0.05) is 18.2 Å². The smallest absolute Gasteiger partial charge is 0.245 e. The molecule has 0 aliphatic heterocycles. The SMILES string of the molecule is Cc1cc(NC(=O)Cn2ccc3ccccc32)n(-c2nc(-c3ccco3)cs2)n1. The van der Waals surface area contributed by atoms with E-state index in [-0.39, 0.29) is 12.5 Å². The predicted molar refractivity (Wildman–Crippen MR) is 112 cm³/mol. The monoisotopic (exact) mass is 403 g/mol. The molecule has 0 unspecified atom stereocenters. The average Bonchev–Trinajstić information content (AvgIpc) is 3.48. The Morgan fingerprint density at radius 2 is 2.10 bits per heavy atom. The van der Waals surface area contributed by atoms with Crippen molar-refractivity contribution in [3.63, 3.8) is 0 Å². The highest BCUT2D eigenvalue weighted by Gasteiger charge is 2.16. The van der Waals surface area contributed by atoms with Crippen molar-refractivity contribution >= 4 is 34.0 Å². The van der Waals surface area contributed by atoms with Gasteiger partial charge in [-0.2, -0.15) is 9.78 Å². The van der Waals surface area contributed by atoms with Crippen molar-refractivity contribution in [3.8, 4) is 16.6 Å². The number of amides is 1. The molecule has 8 heteroatoms. The summed E-state index contributed by atoms with van der Waals surface area (Å²) in [7, 11) is 0. The van der Waals surface area contributed by atoms with Gasteiger partial charge in [0.2, 0.25) is 11.0 Å². The number of aryl methyl sites for hydroxylation is 1. The van der Waals surface area contributed by atoms with Crippen LogP contribution in [0.5, 0.6) is 0 Å². The number of fused-ring (bicyclic) bond motifs is 1. The quantitative estimate of drug-likeness (QED) is 0.469. The molecule has 1 N–H and O–H groups in total. The van der Waals surface area contributed by atoms with Crippen LogP contribution < -0.4 is 5.32 Å². The van der Waals surface area contributed by atoms with Gasteiger partial charge >= 0.3 is 0 Å².